The fraction of sp³-hybridized carbons (Fsp3) is 0.217. The van der Waals surface area contributed by atoms with Crippen LogP contribution in [-0.4, -0.2) is 23.2 Å². The van der Waals surface area contributed by atoms with Gasteiger partial charge < -0.3 is 9.47 Å². The minimum Gasteiger partial charge on any atom is -0.494 e. The van der Waals surface area contributed by atoms with E-state index in [-0.39, 0.29) is 0 Å². The maximum absolute atomic E-state index is 6.12. The molecule has 4 nitrogen and oxygen atoms in total. The van der Waals surface area contributed by atoms with Crippen LogP contribution in [0.5, 0.6) is 11.5 Å². The molecule has 6 rings (SSSR count). The molecule has 50 heavy (non-hydrogen) atoms. The number of pyridine rings is 2. The molecule has 0 radical (unpaired) electrons. The molecule has 0 N–H and O–H groups in total. The number of ether oxygens (including phenoxy) is 2. The van der Waals surface area contributed by atoms with Gasteiger partial charge in [0, 0.05) is 24.8 Å². The van der Waals surface area contributed by atoms with Crippen LogP contribution in [0.1, 0.15) is 74.6 Å². The van der Waals surface area contributed by atoms with Gasteiger partial charge in [-0.2, -0.15) is 0 Å². The Balaban J connectivity index is 1.47. The van der Waals surface area contributed by atoms with Gasteiger partial charge in [-0.25, -0.2) is 0 Å². The number of benzene rings is 4. The molecule has 0 fully saturated rings. The predicted octanol–water partition coefficient (Wildman–Crippen LogP) is 12.0. The van der Waals surface area contributed by atoms with E-state index in [2.05, 4.69) is 121 Å². The SMILES string of the molecule is CCCCCOc1ccc(C(=C(c2ccc(-c3ccncc3)cc2)c2ccc(-c3ccncc3)cc2)c2ccc(OCCCCC)cc2)cc1. The summed E-state index contributed by atoms with van der Waals surface area (Å²) in [5, 5.41) is 0. The first kappa shape index (κ1) is 34.4. The molecule has 4 heteroatoms. The Bertz CT molecular complexity index is 1770. The van der Waals surface area contributed by atoms with E-state index in [0.29, 0.717) is 0 Å². The van der Waals surface area contributed by atoms with Crippen molar-refractivity contribution in [1.29, 1.82) is 0 Å². The Kier molecular flexibility index (Phi) is 12.2. The Morgan fingerprint density at radius 3 is 1.00 bits per heavy atom. The Hall–Kier alpha value is -5.48. The minimum atomic E-state index is 0.731. The van der Waals surface area contributed by atoms with Crippen LogP contribution in [0, 0.1) is 0 Å². The van der Waals surface area contributed by atoms with Crippen molar-refractivity contribution in [2.75, 3.05) is 13.2 Å². The highest BCUT2D eigenvalue weighted by atomic mass is 16.5. The van der Waals surface area contributed by atoms with E-state index in [9.17, 15) is 0 Å². The highest BCUT2D eigenvalue weighted by molar-refractivity contribution is 6.05. The van der Waals surface area contributed by atoms with E-state index >= 15 is 0 Å². The summed E-state index contributed by atoms with van der Waals surface area (Å²) in [6.07, 6.45) is 14.2. The third kappa shape index (κ3) is 8.95. The zero-order chi connectivity index (χ0) is 34.4. The van der Waals surface area contributed by atoms with E-state index in [1.165, 1.54) is 25.7 Å². The summed E-state index contributed by atoms with van der Waals surface area (Å²) < 4.78 is 12.2. The lowest BCUT2D eigenvalue weighted by Gasteiger charge is -2.19. The number of unbranched alkanes of at least 4 members (excludes halogenated alkanes) is 4. The standard InChI is InChI=1S/C46H46N2O2/c1-3-5-7-33-49-43-21-17-41(18-22-43)46(42-19-23-44(24-20-42)50-34-8-6-4-2)45(39-13-9-35(10-14-39)37-25-29-47-30-26-37)40-15-11-36(12-16-40)38-27-31-48-32-28-38/h9-32H,3-8,33-34H2,1-2H3. The van der Waals surface area contributed by atoms with Crippen LogP contribution in [0.2, 0.25) is 0 Å². The molecule has 0 unspecified atom stereocenters. The van der Waals surface area contributed by atoms with Gasteiger partial charge in [0.1, 0.15) is 11.5 Å². The van der Waals surface area contributed by atoms with Gasteiger partial charge >= 0.3 is 0 Å². The van der Waals surface area contributed by atoms with Crippen LogP contribution in [0.25, 0.3) is 33.4 Å². The summed E-state index contributed by atoms with van der Waals surface area (Å²) in [6, 6.07) is 43.1. The zero-order valence-corrected chi connectivity index (χ0v) is 29.2. The smallest absolute Gasteiger partial charge is 0.119 e. The van der Waals surface area contributed by atoms with Crippen molar-refractivity contribution in [2.24, 2.45) is 0 Å². The van der Waals surface area contributed by atoms with Gasteiger partial charge in [-0.1, -0.05) is 112 Å². The van der Waals surface area contributed by atoms with Crippen molar-refractivity contribution in [3.8, 4) is 33.8 Å². The molecular weight excluding hydrogens is 613 g/mol. The van der Waals surface area contributed by atoms with Crippen LogP contribution >= 0.6 is 0 Å². The Morgan fingerprint density at radius 2 is 0.680 bits per heavy atom. The van der Waals surface area contributed by atoms with Gasteiger partial charge in [-0.3, -0.25) is 9.97 Å². The first-order valence-electron chi connectivity index (χ1n) is 18.0. The lowest BCUT2D eigenvalue weighted by molar-refractivity contribution is 0.306. The second-order valence-electron chi connectivity index (χ2n) is 12.5. The Labute approximate surface area is 297 Å². The molecule has 0 aliphatic rings. The van der Waals surface area contributed by atoms with Crippen molar-refractivity contribution >= 4 is 11.1 Å². The van der Waals surface area contributed by atoms with Crippen molar-refractivity contribution in [3.05, 3.63) is 168 Å². The first-order chi connectivity index (χ1) is 24.7. The highest BCUT2D eigenvalue weighted by Gasteiger charge is 2.18. The number of hydrogen-bond donors (Lipinski definition) is 0. The van der Waals surface area contributed by atoms with E-state index < -0.39 is 0 Å². The van der Waals surface area contributed by atoms with E-state index in [4.69, 9.17) is 9.47 Å². The van der Waals surface area contributed by atoms with Crippen LogP contribution in [0.15, 0.2) is 146 Å². The molecule has 0 aliphatic carbocycles. The van der Waals surface area contributed by atoms with Crippen LogP contribution in [0.3, 0.4) is 0 Å². The second kappa shape index (κ2) is 17.8. The third-order valence-corrected chi connectivity index (χ3v) is 8.94. The predicted molar refractivity (Wildman–Crippen MR) is 207 cm³/mol. The molecule has 252 valence electrons. The number of hydrogen-bond acceptors (Lipinski definition) is 4. The summed E-state index contributed by atoms with van der Waals surface area (Å²) in [7, 11) is 0. The molecule has 6 aromatic rings. The molecule has 2 aromatic heterocycles. The largest absolute Gasteiger partial charge is 0.494 e. The van der Waals surface area contributed by atoms with E-state index in [1.807, 2.05) is 49.1 Å². The van der Waals surface area contributed by atoms with Crippen LogP contribution < -0.4 is 9.47 Å². The molecule has 0 saturated heterocycles. The molecule has 0 aliphatic heterocycles. The van der Waals surface area contributed by atoms with Crippen LogP contribution in [-0.2, 0) is 0 Å². The van der Waals surface area contributed by atoms with Gasteiger partial charge in [0.25, 0.3) is 0 Å². The van der Waals surface area contributed by atoms with Crippen molar-refractivity contribution < 1.29 is 9.47 Å². The lowest BCUT2D eigenvalue weighted by Crippen LogP contribution is -2.00. The minimum absolute atomic E-state index is 0.731. The molecule has 0 atom stereocenters. The molecule has 4 aromatic carbocycles. The second-order valence-corrected chi connectivity index (χ2v) is 12.5. The maximum atomic E-state index is 6.12. The third-order valence-electron chi connectivity index (χ3n) is 8.94. The van der Waals surface area contributed by atoms with E-state index in [1.54, 1.807) is 0 Å². The van der Waals surface area contributed by atoms with Gasteiger partial charge in [0.15, 0.2) is 0 Å². The number of aromatic nitrogens is 2. The molecule has 0 spiro atoms. The summed E-state index contributed by atoms with van der Waals surface area (Å²) >= 11 is 0. The van der Waals surface area contributed by atoms with Gasteiger partial charge in [0.05, 0.1) is 13.2 Å². The van der Waals surface area contributed by atoms with Crippen molar-refractivity contribution in [1.82, 2.24) is 9.97 Å². The highest BCUT2D eigenvalue weighted by Crippen LogP contribution is 2.39. The summed E-state index contributed by atoms with van der Waals surface area (Å²) in [4.78, 5) is 8.42. The summed E-state index contributed by atoms with van der Waals surface area (Å²) in [6.45, 7) is 5.89. The van der Waals surface area contributed by atoms with Gasteiger partial charge in [-0.05, 0) is 117 Å². The molecule has 0 amide bonds. The first-order valence-corrected chi connectivity index (χ1v) is 18.0. The number of nitrogens with zero attached hydrogens (tertiary/aromatic N) is 2. The van der Waals surface area contributed by atoms with Crippen molar-refractivity contribution in [3.63, 3.8) is 0 Å². The quantitative estimate of drug-likeness (QED) is 0.0767. The lowest BCUT2D eigenvalue weighted by atomic mass is 9.85. The Morgan fingerprint density at radius 1 is 0.380 bits per heavy atom. The monoisotopic (exact) mass is 658 g/mol. The van der Waals surface area contributed by atoms with Crippen molar-refractivity contribution in [2.45, 2.75) is 52.4 Å². The summed E-state index contributed by atoms with van der Waals surface area (Å²) in [5.74, 6) is 1.79. The molecule has 0 saturated carbocycles. The zero-order valence-electron chi connectivity index (χ0n) is 29.2. The fourth-order valence-electron chi connectivity index (χ4n) is 6.18. The normalized spacial score (nSPS) is 10.8. The van der Waals surface area contributed by atoms with Gasteiger partial charge in [-0.15, -0.1) is 0 Å². The molecule has 0 bridgehead atoms. The van der Waals surface area contributed by atoms with E-state index in [0.717, 1.165) is 93.2 Å². The van der Waals surface area contributed by atoms with Gasteiger partial charge in [0.2, 0.25) is 0 Å². The number of rotatable bonds is 16. The topological polar surface area (TPSA) is 44.2 Å². The fourth-order valence-corrected chi connectivity index (χ4v) is 6.18. The maximum Gasteiger partial charge on any atom is 0.119 e. The average molecular weight is 659 g/mol. The average Bonchev–Trinajstić information content (AvgIpc) is 3.19. The molecular formula is C46H46N2O2. The summed E-state index contributed by atoms with van der Waals surface area (Å²) in [5.41, 5.74) is 11.4. The molecule has 2 heterocycles. The van der Waals surface area contributed by atoms with Crippen LogP contribution in [0.4, 0.5) is 0 Å².